The van der Waals surface area contributed by atoms with Crippen LogP contribution in [-0.4, -0.2) is 57.3 Å². The molecule has 0 saturated carbocycles. The number of rotatable bonds is 12. The Morgan fingerprint density at radius 2 is 0.700 bits per heavy atom. The highest BCUT2D eigenvalue weighted by Crippen LogP contribution is 2.42. The van der Waals surface area contributed by atoms with E-state index in [1.54, 1.807) is 0 Å². The molecule has 10 aromatic rings. The largest absolute Gasteiger partial charge is 0.350 e. The van der Waals surface area contributed by atoms with E-state index in [1.165, 1.54) is 24.3 Å². The van der Waals surface area contributed by atoms with Crippen molar-refractivity contribution in [3.8, 4) is 0 Å². The molecule has 0 radical (unpaired) electrons. The summed E-state index contributed by atoms with van der Waals surface area (Å²) >= 11 is 0. The second kappa shape index (κ2) is 16.2. The van der Waals surface area contributed by atoms with Crippen LogP contribution in [0.1, 0.15) is 93.1 Å². The first-order valence-corrected chi connectivity index (χ1v) is 24.2. The van der Waals surface area contributed by atoms with Crippen molar-refractivity contribution in [2.24, 2.45) is 11.8 Å². The summed E-state index contributed by atoms with van der Waals surface area (Å²) in [6.07, 6.45) is 0.993. The van der Waals surface area contributed by atoms with Crippen LogP contribution in [-0.2, 0) is 22.7 Å². The maximum Gasteiger partial charge on any atom is 0.262 e. The van der Waals surface area contributed by atoms with E-state index in [-0.39, 0.29) is 46.1 Å². The number of carbonyl (C=O) groups is 6. The van der Waals surface area contributed by atoms with Crippen LogP contribution in [0.2, 0.25) is 0 Å². The number of nitrogens with zero attached hydrogens (tertiary/aromatic N) is 2. The van der Waals surface area contributed by atoms with E-state index in [2.05, 4.69) is 95.6 Å². The zero-order chi connectivity index (χ0) is 48.3. The van der Waals surface area contributed by atoms with E-state index in [4.69, 9.17) is 0 Å². The number of imide groups is 2. The van der Waals surface area contributed by atoms with Crippen LogP contribution in [0.25, 0.3) is 75.4 Å². The number of amides is 6. The summed E-state index contributed by atoms with van der Waals surface area (Å²) in [6.45, 7) is 7.85. The van der Waals surface area contributed by atoms with Crippen molar-refractivity contribution in [2.75, 3.05) is 0 Å². The Morgan fingerprint density at radius 1 is 0.400 bits per heavy atom. The molecular weight excluding hydrogens is 873 g/mol. The van der Waals surface area contributed by atoms with Gasteiger partial charge in [0.15, 0.2) is 0 Å². The molecule has 0 bridgehead atoms. The van der Waals surface area contributed by atoms with E-state index in [0.717, 1.165) is 85.6 Å². The van der Waals surface area contributed by atoms with Crippen LogP contribution in [0.4, 0.5) is 0 Å². The minimum atomic E-state index is -1.16. The molecule has 0 aliphatic carbocycles. The van der Waals surface area contributed by atoms with E-state index in [0.29, 0.717) is 12.8 Å². The van der Waals surface area contributed by atoms with Crippen molar-refractivity contribution < 1.29 is 28.8 Å². The molecule has 0 spiro atoms. The number of hydrogen-bond donors (Lipinski definition) is 2. The maximum atomic E-state index is 14.8. The van der Waals surface area contributed by atoms with E-state index >= 15 is 0 Å². The van der Waals surface area contributed by atoms with E-state index in [1.807, 2.05) is 52.0 Å². The number of carbonyl (C=O) groups excluding carboxylic acids is 6. The monoisotopic (exact) mass is 920 g/mol. The van der Waals surface area contributed by atoms with Crippen molar-refractivity contribution >= 4 is 111 Å². The summed E-state index contributed by atoms with van der Waals surface area (Å²) in [5.41, 5.74) is 2.26. The topological polar surface area (TPSA) is 133 Å². The minimum Gasteiger partial charge on any atom is -0.350 e. The van der Waals surface area contributed by atoms with Crippen LogP contribution in [0.5, 0.6) is 0 Å². The molecule has 10 nitrogen and oxygen atoms in total. The third-order valence-corrected chi connectivity index (χ3v) is 15.6. The van der Waals surface area contributed by atoms with Gasteiger partial charge in [-0.1, -0.05) is 150 Å². The molecule has 0 fully saturated rings. The van der Waals surface area contributed by atoms with Gasteiger partial charge in [-0.2, -0.15) is 0 Å². The molecule has 2 N–H and O–H groups in total. The lowest BCUT2D eigenvalue weighted by Crippen LogP contribution is -2.57. The van der Waals surface area contributed by atoms with Gasteiger partial charge >= 0.3 is 0 Å². The molecule has 0 unspecified atom stereocenters. The molecule has 12 rings (SSSR count). The van der Waals surface area contributed by atoms with Crippen molar-refractivity contribution in [1.82, 2.24) is 20.4 Å². The molecule has 10 aromatic carbocycles. The van der Waals surface area contributed by atoms with Gasteiger partial charge in [0.05, 0.1) is 0 Å². The second-order valence-corrected chi connectivity index (χ2v) is 19.3. The predicted molar refractivity (Wildman–Crippen MR) is 275 cm³/mol. The van der Waals surface area contributed by atoms with Crippen molar-refractivity contribution in [3.05, 3.63) is 167 Å². The molecule has 0 saturated heterocycles. The Hall–Kier alpha value is -8.24. The van der Waals surface area contributed by atoms with Gasteiger partial charge in [-0.05, 0) is 112 Å². The fourth-order valence-corrected chi connectivity index (χ4v) is 11.6. The van der Waals surface area contributed by atoms with Crippen LogP contribution in [0, 0.1) is 11.8 Å². The van der Waals surface area contributed by atoms with Crippen molar-refractivity contribution in [2.45, 2.75) is 65.7 Å². The van der Waals surface area contributed by atoms with E-state index in [9.17, 15) is 28.8 Å². The summed E-state index contributed by atoms with van der Waals surface area (Å²) in [5.74, 6) is -4.51. The second-order valence-electron chi connectivity index (χ2n) is 19.3. The quantitative estimate of drug-likeness (QED) is 0.0926. The Morgan fingerprint density at radius 3 is 1.03 bits per heavy atom. The third-order valence-electron chi connectivity index (χ3n) is 15.6. The Kier molecular flexibility index (Phi) is 9.96. The third kappa shape index (κ3) is 6.25. The van der Waals surface area contributed by atoms with Crippen LogP contribution in [0.15, 0.2) is 133 Å². The van der Waals surface area contributed by atoms with Crippen molar-refractivity contribution in [1.29, 1.82) is 0 Å². The SMILES string of the molecule is CC[C@H](C)[C@@H](C(=O)NCc1ccc2ccc3cccc4ccc1c2c34)N1C(=O)c2ccc3c4c(ccc(c24)C1=O)C(=O)N([C@H](C(=O)NCc1ccc2ccc4cccc5ccc1c2c45)[C@@H](C)CC)C3=O. The van der Waals surface area contributed by atoms with Gasteiger partial charge in [0, 0.05) is 46.1 Å². The molecule has 2 aliphatic heterocycles. The Bertz CT molecular complexity index is 3560. The summed E-state index contributed by atoms with van der Waals surface area (Å²) < 4.78 is 0. The molecule has 70 heavy (non-hydrogen) atoms. The van der Waals surface area contributed by atoms with E-state index < -0.39 is 59.4 Å². The highest BCUT2D eigenvalue weighted by Gasteiger charge is 2.47. The highest BCUT2D eigenvalue weighted by atomic mass is 16.2. The molecule has 2 aliphatic rings. The lowest BCUT2D eigenvalue weighted by Gasteiger charge is -2.38. The smallest absolute Gasteiger partial charge is 0.262 e. The lowest BCUT2D eigenvalue weighted by atomic mass is 9.83. The fourth-order valence-electron chi connectivity index (χ4n) is 11.6. The highest BCUT2D eigenvalue weighted by molar-refractivity contribution is 6.34. The molecule has 0 aromatic heterocycles. The van der Waals surface area contributed by atoms with Gasteiger partial charge < -0.3 is 10.6 Å². The molecule has 344 valence electrons. The predicted octanol–water partition coefficient (Wildman–Crippen LogP) is 11.3. The first kappa shape index (κ1) is 43.1. The number of benzene rings is 10. The van der Waals surface area contributed by atoms with Gasteiger partial charge in [0.1, 0.15) is 12.1 Å². The van der Waals surface area contributed by atoms with Gasteiger partial charge in [-0.25, -0.2) is 0 Å². The number of hydrogen-bond acceptors (Lipinski definition) is 6. The number of nitrogens with one attached hydrogen (secondary N) is 2. The molecule has 2 heterocycles. The first-order chi connectivity index (χ1) is 34.0. The molecular formula is C60H48N4O6. The molecule has 10 heteroatoms. The average Bonchev–Trinajstić information content (AvgIpc) is 3.39. The average molecular weight is 921 g/mol. The normalized spacial score (nSPS) is 15.6. The zero-order valence-corrected chi connectivity index (χ0v) is 39.2. The summed E-state index contributed by atoms with van der Waals surface area (Å²) in [7, 11) is 0. The van der Waals surface area contributed by atoms with Gasteiger partial charge in [0.2, 0.25) is 11.8 Å². The van der Waals surface area contributed by atoms with Crippen LogP contribution >= 0.6 is 0 Å². The fraction of sp³-hybridized carbons (Fsp3) is 0.200. The molecule has 6 amide bonds. The molecule has 4 atom stereocenters. The summed E-state index contributed by atoms with van der Waals surface area (Å²) in [5, 5.41) is 19.9. The summed E-state index contributed by atoms with van der Waals surface area (Å²) in [6, 6.07) is 41.1. The first-order valence-electron chi connectivity index (χ1n) is 24.2. The van der Waals surface area contributed by atoms with Gasteiger partial charge in [0.25, 0.3) is 23.6 Å². The van der Waals surface area contributed by atoms with Crippen LogP contribution in [0.3, 0.4) is 0 Å². The standard InChI is InChI=1S/C60H48N4O6/c1-5-31(3)53(55(65)61-29-39-19-17-37-15-13-33-9-7-11-35-21-23-41(39)49(37)47(33)35)63-57(67)43-25-27-45-52-46(28-26-44(51(43)52)58(63)68)60(70)64(59(45)69)54(32(4)6-2)56(66)62-30-40-20-18-38-16-14-34-10-8-12-36-22-24-42(40)50(38)48(34)36/h7-28,31-32,53-54H,5-6,29-30H2,1-4H3,(H,61,65)(H,62,66)/t31-,32-,53-,54-/m0/s1. The zero-order valence-electron chi connectivity index (χ0n) is 39.2. The lowest BCUT2D eigenvalue weighted by molar-refractivity contribution is -0.127. The minimum absolute atomic E-state index is 0.113. The van der Waals surface area contributed by atoms with Crippen LogP contribution < -0.4 is 10.6 Å². The Labute approximate surface area is 402 Å². The van der Waals surface area contributed by atoms with Gasteiger partial charge in [-0.15, -0.1) is 0 Å². The maximum absolute atomic E-state index is 14.8. The Balaban J connectivity index is 0.836. The van der Waals surface area contributed by atoms with Crippen molar-refractivity contribution in [3.63, 3.8) is 0 Å². The summed E-state index contributed by atoms with van der Waals surface area (Å²) in [4.78, 5) is 90.1. The van der Waals surface area contributed by atoms with Gasteiger partial charge in [-0.3, -0.25) is 38.6 Å².